The van der Waals surface area contributed by atoms with Gasteiger partial charge in [0.1, 0.15) is 6.61 Å². The van der Waals surface area contributed by atoms with Crippen molar-refractivity contribution in [2.45, 2.75) is 12.8 Å². The van der Waals surface area contributed by atoms with Gasteiger partial charge in [0.05, 0.1) is 0 Å². The molecular weight excluding hydrogens is 226 g/mol. The fourth-order valence-electron chi connectivity index (χ4n) is 0.997. The molecule has 98 valence electrons. The van der Waals surface area contributed by atoms with E-state index in [1.54, 1.807) is 7.11 Å². The number of ether oxygens (including phenoxy) is 2. The van der Waals surface area contributed by atoms with Gasteiger partial charge in [0.2, 0.25) is 0 Å². The molecule has 0 saturated carbocycles. The Hall–Kier alpha value is -0.420. The molecular formula is C11H25NO3S. The molecule has 0 unspecified atom stereocenters. The molecule has 0 radical (unpaired) electrons. The van der Waals surface area contributed by atoms with Gasteiger partial charge in [-0.2, -0.15) is 0 Å². The first-order chi connectivity index (χ1) is 7.45. The smallest absolute Gasteiger partial charge is 0.407 e. The molecule has 0 spiro atoms. The van der Waals surface area contributed by atoms with E-state index in [0.717, 1.165) is 25.2 Å². The number of carbonyl (C=O) groups is 1. The van der Waals surface area contributed by atoms with Crippen LogP contribution >= 0.6 is 10.0 Å². The topological polar surface area (TPSA) is 47.6 Å². The Bertz CT molecular complexity index is 192. The van der Waals surface area contributed by atoms with E-state index in [0.29, 0.717) is 13.2 Å². The highest BCUT2D eigenvalue weighted by Gasteiger charge is 2.06. The Morgan fingerprint density at radius 2 is 1.88 bits per heavy atom. The van der Waals surface area contributed by atoms with E-state index >= 15 is 0 Å². The fraction of sp³-hybridized carbons (Fsp3) is 0.909. The zero-order valence-electron chi connectivity index (χ0n) is 10.9. The second kappa shape index (κ2) is 8.70. The molecule has 0 aliphatic heterocycles. The second-order valence-electron chi connectivity index (χ2n) is 4.56. The number of hydrogen-bond acceptors (Lipinski definition) is 3. The summed E-state index contributed by atoms with van der Waals surface area (Å²) in [6.45, 7) is 1.91. The van der Waals surface area contributed by atoms with Crippen LogP contribution in [0.2, 0.25) is 0 Å². The van der Waals surface area contributed by atoms with Crippen molar-refractivity contribution >= 4 is 16.1 Å². The van der Waals surface area contributed by atoms with Gasteiger partial charge >= 0.3 is 6.09 Å². The summed E-state index contributed by atoms with van der Waals surface area (Å²) in [6, 6.07) is 0. The first-order valence-corrected chi connectivity index (χ1v) is 8.54. The lowest BCUT2D eigenvalue weighted by molar-refractivity contribution is 0.152. The minimum atomic E-state index is -0.574. The lowest BCUT2D eigenvalue weighted by Gasteiger charge is -2.24. The van der Waals surface area contributed by atoms with Crippen LogP contribution in [0.25, 0.3) is 0 Å². The molecule has 16 heavy (non-hydrogen) atoms. The zero-order chi connectivity index (χ0) is 12.4. The van der Waals surface area contributed by atoms with Gasteiger partial charge < -0.3 is 14.8 Å². The molecule has 0 bridgehead atoms. The minimum Gasteiger partial charge on any atom is -0.449 e. The Morgan fingerprint density at radius 3 is 2.44 bits per heavy atom. The first kappa shape index (κ1) is 15.6. The van der Waals surface area contributed by atoms with E-state index in [2.05, 4.69) is 24.1 Å². The van der Waals surface area contributed by atoms with E-state index in [1.165, 1.54) is 0 Å². The van der Waals surface area contributed by atoms with Crippen LogP contribution in [-0.4, -0.2) is 57.5 Å². The van der Waals surface area contributed by atoms with Crippen molar-refractivity contribution in [1.82, 2.24) is 5.32 Å². The SMILES string of the molecule is COCCCCNC(=O)OCCS(C)(C)C. The van der Waals surface area contributed by atoms with Crippen molar-refractivity contribution in [3.63, 3.8) is 0 Å². The van der Waals surface area contributed by atoms with Crippen LogP contribution in [-0.2, 0) is 9.47 Å². The van der Waals surface area contributed by atoms with E-state index in [9.17, 15) is 4.79 Å². The summed E-state index contributed by atoms with van der Waals surface area (Å²) in [5, 5.41) is 2.72. The number of carbonyl (C=O) groups excluding carboxylic acids is 1. The monoisotopic (exact) mass is 251 g/mol. The highest BCUT2D eigenvalue weighted by atomic mass is 32.3. The summed E-state index contributed by atoms with van der Waals surface area (Å²) >= 11 is 0. The Balaban J connectivity index is 3.32. The second-order valence-corrected chi connectivity index (χ2v) is 9.15. The van der Waals surface area contributed by atoms with Gasteiger partial charge in [0.25, 0.3) is 0 Å². The maximum atomic E-state index is 11.2. The minimum absolute atomic E-state index is 0.305. The number of alkyl carbamates (subject to hydrolysis) is 1. The predicted molar refractivity (Wildman–Crippen MR) is 70.7 cm³/mol. The third-order valence-electron chi connectivity index (χ3n) is 1.97. The normalized spacial score (nSPS) is 12.2. The highest BCUT2D eigenvalue weighted by molar-refractivity contribution is 8.32. The number of methoxy groups -OCH3 is 1. The highest BCUT2D eigenvalue weighted by Crippen LogP contribution is 2.33. The average Bonchev–Trinajstić information content (AvgIpc) is 2.15. The Kier molecular flexibility index (Phi) is 8.47. The van der Waals surface area contributed by atoms with Gasteiger partial charge in [-0.05, 0) is 31.6 Å². The maximum absolute atomic E-state index is 11.2. The van der Waals surface area contributed by atoms with E-state index in [4.69, 9.17) is 9.47 Å². The number of nitrogens with one attached hydrogen (secondary N) is 1. The molecule has 1 amide bonds. The molecule has 1 N–H and O–H groups in total. The van der Waals surface area contributed by atoms with Crippen molar-refractivity contribution in [3.8, 4) is 0 Å². The standard InChI is InChI=1S/C11H25NO3S/c1-14-8-6-5-7-12-11(13)15-9-10-16(2,3)4/h5-10H2,1-4H3,(H,12,13). The average molecular weight is 251 g/mol. The van der Waals surface area contributed by atoms with Crippen molar-refractivity contribution in [3.05, 3.63) is 0 Å². The van der Waals surface area contributed by atoms with Gasteiger partial charge in [-0.3, -0.25) is 0 Å². The van der Waals surface area contributed by atoms with E-state index in [-0.39, 0.29) is 6.09 Å². The van der Waals surface area contributed by atoms with Crippen molar-refractivity contribution in [2.24, 2.45) is 0 Å². The van der Waals surface area contributed by atoms with Crippen LogP contribution in [0.1, 0.15) is 12.8 Å². The molecule has 0 rings (SSSR count). The lowest BCUT2D eigenvalue weighted by atomic mass is 10.3. The van der Waals surface area contributed by atoms with Crippen LogP contribution in [0.4, 0.5) is 4.79 Å². The first-order valence-electron chi connectivity index (χ1n) is 5.51. The predicted octanol–water partition coefficient (Wildman–Crippen LogP) is 1.83. The summed E-state index contributed by atoms with van der Waals surface area (Å²) in [4.78, 5) is 11.2. The van der Waals surface area contributed by atoms with Gasteiger partial charge in [0, 0.05) is 26.0 Å². The Morgan fingerprint density at radius 1 is 1.19 bits per heavy atom. The van der Waals surface area contributed by atoms with Crippen LogP contribution in [0.3, 0.4) is 0 Å². The molecule has 4 nitrogen and oxygen atoms in total. The fourth-order valence-corrected chi connectivity index (χ4v) is 1.58. The molecule has 5 heteroatoms. The van der Waals surface area contributed by atoms with Gasteiger partial charge in [0.15, 0.2) is 0 Å². The molecule has 0 heterocycles. The summed E-state index contributed by atoms with van der Waals surface area (Å²) in [5.41, 5.74) is 0. The molecule has 0 aromatic heterocycles. The molecule has 0 saturated heterocycles. The molecule has 0 aromatic rings. The van der Waals surface area contributed by atoms with Gasteiger partial charge in [-0.15, -0.1) is 0 Å². The summed E-state index contributed by atoms with van der Waals surface area (Å²) in [6.07, 6.45) is 8.20. The number of rotatable bonds is 8. The molecule has 0 atom stereocenters. The molecule has 0 fully saturated rings. The number of hydrogen-bond donors (Lipinski definition) is 1. The van der Waals surface area contributed by atoms with Crippen LogP contribution < -0.4 is 5.32 Å². The van der Waals surface area contributed by atoms with Crippen LogP contribution in [0.15, 0.2) is 0 Å². The van der Waals surface area contributed by atoms with Crippen molar-refractivity contribution in [2.75, 3.05) is 51.4 Å². The molecule has 0 aromatic carbocycles. The number of unbranched alkanes of at least 4 members (excludes halogenated alkanes) is 1. The van der Waals surface area contributed by atoms with Gasteiger partial charge in [-0.1, -0.05) is 0 Å². The lowest BCUT2D eigenvalue weighted by Crippen LogP contribution is -2.26. The largest absolute Gasteiger partial charge is 0.449 e. The third-order valence-corrected chi connectivity index (χ3v) is 3.36. The van der Waals surface area contributed by atoms with Crippen LogP contribution in [0.5, 0.6) is 0 Å². The quantitative estimate of drug-likeness (QED) is 0.670. The number of amides is 1. The maximum Gasteiger partial charge on any atom is 0.407 e. The summed E-state index contributed by atoms with van der Waals surface area (Å²) < 4.78 is 9.97. The van der Waals surface area contributed by atoms with Gasteiger partial charge in [-0.25, -0.2) is 14.8 Å². The Labute approximate surface area is 100 Å². The van der Waals surface area contributed by atoms with Crippen LogP contribution in [0, 0.1) is 0 Å². The zero-order valence-corrected chi connectivity index (χ0v) is 11.7. The van der Waals surface area contributed by atoms with Crippen molar-refractivity contribution in [1.29, 1.82) is 0 Å². The molecule has 0 aliphatic rings. The summed E-state index contributed by atoms with van der Waals surface area (Å²) in [7, 11) is 1.10. The molecule has 0 aliphatic carbocycles. The van der Waals surface area contributed by atoms with Crippen molar-refractivity contribution < 1.29 is 14.3 Å². The third kappa shape index (κ3) is 11.7. The van der Waals surface area contributed by atoms with E-state index < -0.39 is 10.0 Å². The summed E-state index contributed by atoms with van der Waals surface area (Å²) in [5.74, 6) is 0.962. The van der Waals surface area contributed by atoms with E-state index in [1.807, 2.05) is 0 Å².